The lowest BCUT2D eigenvalue weighted by molar-refractivity contribution is 0.343. The number of halogens is 1. The average molecular weight is 319 g/mol. The number of H-pyrrole nitrogens is 1. The molecule has 2 aromatic carbocycles. The summed E-state index contributed by atoms with van der Waals surface area (Å²) in [5, 5.41) is 0.730. The Kier molecular flexibility index (Phi) is 3.99. The van der Waals surface area contributed by atoms with Crippen molar-refractivity contribution in [1.29, 1.82) is 0 Å². The predicted molar refractivity (Wildman–Crippen MR) is 88.8 cm³/mol. The highest BCUT2D eigenvalue weighted by Crippen LogP contribution is 2.25. The monoisotopic (exact) mass is 318 g/mol. The number of hydrogen-bond acceptors (Lipinski definition) is 2. The van der Waals surface area contributed by atoms with Gasteiger partial charge in [-0.15, -0.1) is 0 Å². The first-order valence-electron chi connectivity index (χ1n) is 6.78. The summed E-state index contributed by atoms with van der Waals surface area (Å²) < 4.78 is 8.38. The molecular formula is C16H15ClN2OS. The van der Waals surface area contributed by atoms with E-state index in [9.17, 15) is 0 Å². The van der Waals surface area contributed by atoms with Crippen LogP contribution in [0.25, 0.3) is 11.0 Å². The summed E-state index contributed by atoms with van der Waals surface area (Å²) in [4.78, 5) is 3.24. The first-order chi connectivity index (χ1) is 10.2. The van der Waals surface area contributed by atoms with Gasteiger partial charge in [0.15, 0.2) is 4.77 Å². The molecule has 1 aromatic heterocycles. The molecule has 0 unspecified atom stereocenters. The van der Waals surface area contributed by atoms with Gasteiger partial charge in [-0.3, -0.25) is 0 Å². The minimum atomic E-state index is 0.624. The Bertz CT molecular complexity index is 838. The SMILES string of the molecule is CCOc1cccc2c1[nH]c(=S)n2Cc1cccc(Cl)c1. The summed E-state index contributed by atoms with van der Waals surface area (Å²) in [7, 11) is 0. The van der Waals surface area contributed by atoms with Crippen molar-refractivity contribution in [3.63, 3.8) is 0 Å². The molecule has 3 nitrogen and oxygen atoms in total. The van der Waals surface area contributed by atoms with Gasteiger partial charge in [-0.05, 0) is 49.0 Å². The largest absolute Gasteiger partial charge is 0.492 e. The van der Waals surface area contributed by atoms with Gasteiger partial charge in [0, 0.05) is 5.02 Å². The van der Waals surface area contributed by atoms with Crippen molar-refractivity contribution in [3.05, 3.63) is 57.8 Å². The van der Waals surface area contributed by atoms with Gasteiger partial charge >= 0.3 is 0 Å². The molecule has 0 bridgehead atoms. The van der Waals surface area contributed by atoms with Crippen LogP contribution in [0.1, 0.15) is 12.5 Å². The Hall–Kier alpha value is -1.78. The number of ether oxygens (including phenoxy) is 1. The molecular weight excluding hydrogens is 304 g/mol. The van der Waals surface area contributed by atoms with Gasteiger partial charge in [0.05, 0.1) is 18.7 Å². The number of imidazole rings is 1. The maximum atomic E-state index is 6.05. The summed E-state index contributed by atoms with van der Waals surface area (Å²) >= 11 is 11.5. The minimum absolute atomic E-state index is 0.624. The number of nitrogens with one attached hydrogen (secondary N) is 1. The van der Waals surface area contributed by atoms with Crippen LogP contribution in [0, 0.1) is 4.77 Å². The Labute approximate surface area is 133 Å². The van der Waals surface area contributed by atoms with Crippen LogP contribution in [0.3, 0.4) is 0 Å². The third kappa shape index (κ3) is 2.82. The number of para-hydroxylation sites is 1. The fourth-order valence-corrected chi connectivity index (χ4v) is 2.88. The van der Waals surface area contributed by atoms with E-state index in [2.05, 4.69) is 9.55 Å². The number of fused-ring (bicyclic) bond motifs is 1. The zero-order valence-corrected chi connectivity index (χ0v) is 13.2. The van der Waals surface area contributed by atoms with Crippen LogP contribution in [0.5, 0.6) is 5.75 Å². The molecule has 0 aliphatic carbocycles. The van der Waals surface area contributed by atoms with Crippen LogP contribution >= 0.6 is 23.8 Å². The molecule has 0 amide bonds. The van der Waals surface area contributed by atoms with E-state index < -0.39 is 0 Å². The lowest BCUT2D eigenvalue weighted by Crippen LogP contribution is -1.99. The van der Waals surface area contributed by atoms with Crippen LogP contribution in [-0.2, 0) is 6.54 Å². The van der Waals surface area contributed by atoms with Gasteiger partial charge in [0.25, 0.3) is 0 Å². The number of aromatic amines is 1. The lowest BCUT2D eigenvalue weighted by Gasteiger charge is -2.07. The molecule has 3 aromatic rings. The summed E-state index contributed by atoms with van der Waals surface area (Å²) in [6, 6.07) is 13.8. The smallest absolute Gasteiger partial charge is 0.178 e. The van der Waals surface area contributed by atoms with Crippen molar-refractivity contribution >= 4 is 34.9 Å². The summed E-state index contributed by atoms with van der Waals surface area (Å²) in [5.74, 6) is 0.825. The molecule has 0 saturated heterocycles. The summed E-state index contributed by atoms with van der Waals surface area (Å²) in [6.07, 6.45) is 0. The van der Waals surface area contributed by atoms with E-state index in [0.29, 0.717) is 17.9 Å². The summed E-state index contributed by atoms with van der Waals surface area (Å²) in [5.41, 5.74) is 3.08. The van der Waals surface area contributed by atoms with Crippen LogP contribution in [0.4, 0.5) is 0 Å². The number of rotatable bonds is 4. The molecule has 0 spiro atoms. The average Bonchev–Trinajstić information content (AvgIpc) is 2.77. The lowest BCUT2D eigenvalue weighted by atomic mass is 10.2. The first kappa shape index (κ1) is 14.2. The molecule has 0 atom stereocenters. The molecule has 0 fully saturated rings. The van der Waals surface area contributed by atoms with Crippen molar-refractivity contribution < 1.29 is 4.74 Å². The number of hydrogen-bond donors (Lipinski definition) is 1. The van der Waals surface area contributed by atoms with Crippen molar-refractivity contribution in [2.24, 2.45) is 0 Å². The molecule has 5 heteroatoms. The fraction of sp³-hybridized carbons (Fsp3) is 0.188. The highest BCUT2D eigenvalue weighted by Gasteiger charge is 2.09. The van der Waals surface area contributed by atoms with Crippen molar-refractivity contribution in [2.45, 2.75) is 13.5 Å². The van der Waals surface area contributed by atoms with Crippen LogP contribution < -0.4 is 4.74 Å². The maximum Gasteiger partial charge on any atom is 0.178 e. The van der Waals surface area contributed by atoms with E-state index in [1.165, 1.54) is 0 Å². The minimum Gasteiger partial charge on any atom is -0.492 e. The van der Waals surface area contributed by atoms with E-state index >= 15 is 0 Å². The maximum absolute atomic E-state index is 6.05. The molecule has 0 radical (unpaired) electrons. The summed E-state index contributed by atoms with van der Waals surface area (Å²) in [6.45, 7) is 3.27. The normalized spacial score (nSPS) is 11.0. The molecule has 1 heterocycles. The molecule has 0 aliphatic heterocycles. The Balaban J connectivity index is 2.08. The molecule has 3 rings (SSSR count). The van der Waals surface area contributed by atoms with Crippen molar-refractivity contribution in [3.8, 4) is 5.75 Å². The Morgan fingerprint density at radius 3 is 2.81 bits per heavy atom. The van der Waals surface area contributed by atoms with Gasteiger partial charge in [-0.1, -0.05) is 29.8 Å². The van der Waals surface area contributed by atoms with E-state index in [4.69, 9.17) is 28.6 Å². The zero-order chi connectivity index (χ0) is 14.8. The highest BCUT2D eigenvalue weighted by atomic mass is 35.5. The molecule has 0 saturated carbocycles. The second kappa shape index (κ2) is 5.92. The number of benzene rings is 2. The van der Waals surface area contributed by atoms with Gasteiger partial charge in [-0.25, -0.2) is 0 Å². The second-order valence-corrected chi connectivity index (χ2v) is 5.55. The van der Waals surface area contributed by atoms with Gasteiger partial charge in [0.2, 0.25) is 0 Å². The molecule has 21 heavy (non-hydrogen) atoms. The fourth-order valence-electron chi connectivity index (χ4n) is 2.40. The van der Waals surface area contributed by atoms with Gasteiger partial charge in [0.1, 0.15) is 11.3 Å². The highest BCUT2D eigenvalue weighted by molar-refractivity contribution is 7.71. The molecule has 1 N–H and O–H groups in total. The Morgan fingerprint density at radius 1 is 1.24 bits per heavy atom. The molecule has 108 valence electrons. The second-order valence-electron chi connectivity index (χ2n) is 4.73. The van der Waals surface area contributed by atoms with E-state index in [0.717, 1.165) is 27.4 Å². The third-order valence-corrected chi connectivity index (χ3v) is 3.86. The van der Waals surface area contributed by atoms with Crippen molar-refractivity contribution in [1.82, 2.24) is 9.55 Å². The van der Waals surface area contributed by atoms with Crippen LogP contribution in [-0.4, -0.2) is 16.2 Å². The Morgan fingerprint density at radius 2 is 2.05 bits per heavy atom. The third-order valence-electron chi connectivity index (χ3n) is 3.30. The van der Waals surface area contributed by atoms with E-state index in [1.807, 2.05) is 49.4 Å². The van der Waals surface area contributed by atoms with Gasteiger partial charge < -0.3 is 14.3 Å². The molecule has 0 aliphatic rings. The van der Waals surface area contributed by atoms with Crippen LogP contribution in [0.15, 0.2) is 42.5 Å². The van der Waals surface area contributed by atoms with Crippen LogP contribution in [0.2, 0.25) is 5.02 Å². The van der Waals surface area contributed by atoms with Crippen molar-refractivity contribution in [2.75, 3.05) is 6.61 Å². The number of nitrogens with zero attached hydrogens (tertiary/aromatic N) is 1. The van der Waals surface area contributed by atoms with E-state index in [1.54, 1.807) is 0 Å². The first-order valence-corrected chi connectivity index (χ1v) is 7.56. The van der Waals surface area contributed by atoms with Gasteiger partial charge in [-0.2, -0.15) is 0 Å². The van der Waals surface area contributed by atoms with E-state index in [-0.39, 0.29) is 0 Å². The zero-order valence-electron chi connectivity index (χ0n) is 11.6. The standard InChI is InChI=1S/C16H15ClN2OS/c1-2-20-14-8-4-7-13-15(14)18-16(21)19(13)10-11-5-3-6-12(17)9-11/h3-9H,2,10H2,1H3,(H,18,21). The number of aromatic nitrogens is 2. The quantitative estimate of drug-likeness (QED) is 0.700. The topological polar surface area (TPSA) is 29.9 Å². The predicted octanol–water partition coefficient (Wildman–Crippen LogP) is 4.80.